The minimum Gasteiger partial charge on any atom is -1.00 e. The molecule has 0 aromatic heterocycles. The second-order valence-corrected chi connectivity index (χ2v) is 8.11. The molecule has 0 atom stereocenters. The number of anilines is 1. The molecule has 0 bridgehead atoms. The maximum atomic E-state index is 2.32. The summed E-state index contributed by atoms with van der Waals surface area (Å²) in [6.45, 7) is 4.61. The molecule has 0 aliphatic carbocycles. The van der Waals surface area contributed by atoms with Gasteiger partial charge >= 0.3 is 0 Å². The van der Waals surface area contributed by atoms with E-state index in [9.17, 15) is 0 Å². The number of benzene rings is 3. The average Bonchev–Trinajstić information content (AvgIpc) is 2.86. The number of nitrogens with zero attached hydrogens (tertiary/aromatic N) is 2. The Morgan fingerprint density at radius 3 is 2.25 bits per heavy atom. The molecule has 0 saturated heterocycles. The molecule has 0 N–H and O–H groups in total. The number of fused-ring (bicyclic) bond motifs is 2. The van der Waals surface area contributed by atoms with Gasteiger partial charge in [0.15, 0.2) is 5.71 Å². The van der Waals surface area contributed by atoms with E-state index in [1.54, 1.807) is 0 Å². The Labute approximate surface area is 185 Å². The van der Waals surface area contributed by atoms with E-state index in [-0.39, 0.29) is 29.4 Å². The summed E-state index contributed by atoms with van der Waals surface area (Å²) >= 11 is 0. The highest BCUT2D eigenvalue weighted by Gasteiger charge is 2.42. The molecule has 3 heteroatoms. The minimum atomic E-state index is 0. The van der Waals surface area contributed by atoms with E-state index in [1.165, 1.54) is 39.0 Å². The summed E-state index contributed by atoms with van der Waals surface area (Å²) in [5.41, 5.74) is 6.49. The van der Waals surface area contributed by atoms with Gasteiger partial charge in [0, 0.05) is 37.5 Å². The highest BCUT2D eigenvalue weighted by Crippen LogP contribution is 2.39. The molecule has 1 aliphatic heterocycles. The van der Waals surface area contributed by atoms with E-state index in [0.717, 1.165) is 0 Å². The maximum Gasteiger partial charge on any atom is 0.209 e. The number of hydrogen-bond acceptors (Lipinski definition) is 1. The molecule has 2 nitrogen and oxygen atoms in total. The van der Waals surface area contributed by atoms with Crippen molar-refractivity contribution in [2.45, 2.75) is 19.3 Å². The summed E-state index contributed by atoms with van der Waals surface area (Å²) in [4.78, 5) is 2.14. The quantitative estimate of drug-likeness (QED) is 0.411. The van der Waals surface area contributed by atoms with E-state index in [4.69, 9.17) is 0 Å². The third kappa shape index (κ3) is 3.48. The van der Waals surface area contributed by atoms with E-state index < -0.39 is 0 Å². The monoisotopic (exact) mass is 482 g/mol. The highest BCUT2D eigenvalue weighted by molar-refractivity contribution is 6.05. The molecular formula is C25H27IN2. The normalized spacial score (nSPS) is 15.0. The average molecular weight is 482 g/mol. The first-order valence-corrected chi connectivity index (χ1v) is 9.48. The fourth-order valence-corrected chi connectivity index (χ4v) is 4.11. The van der Waals surface area contributed by atoms with Crippen molar-refractivity contribution < 1.29 is 28.6 Å². The van der Waals surface area contributed by atoms with Crippen molar-refractivity contribution in [1.82, 2.24) is 0 Å². The van der Waals surface area contributed by atoms with Crippen LogP contribution in [0.1, 0.15) is 25.0 Å². The van der Waals surface area contributed by atoms with Gasteiger partial charge in [0.25, 0.3) is 0 Å². The van der Waals surface area contributed by atoms with Crippen LogP contribution >= 0.6 is 0 Å². The topological polar surface area (TPSA) is 6.25 Å². The molecule has 28 heavy (non-hydrogen) atoms. The van der Waals surface area contributed by atoms with Crippen molar-refractivity contribution in [2.24, 2.45) is 0 Å². The molecule has 4 rings (SSSR count). The van der Waals surface area contributed by atoms with Crippen LogP contribution in [-0.2, 0) is 5.41 Å². The molecule has 1 aliphatic rings. The standard InChI is InChI=1S/C25H27N2.HI/c1-25(2)22-8-6-7-9-23(22)27(5)24(25)15-11-18-10-12-20-17-21(26(3)4)14-13-19(20)16-18;/h6-17H,1-5H3;1H/q+1;/p-1. The summed E-state index contributed by atoms with van der Waals surface area (Å²) in [6, 6.07) is 22.0. The Morgan fingerprint density at radius 2 is 1.54 bits per heavy atom. The minimum absolute atomic E-state index is 0. The van der Waals surface area contributed by atoms with Gasteiger partial charge < -0.3 is 28.9 Å². The Balaban J connectivity index is 0.00000225. The Kier molecular flexibility index (Phi) is 5.67. The van der Waals surface area contributed by atoms with Gasteiger partial charge in [-0.15, -0.1) is 0 Å². The lowest BCUT2D eigenvalue weighted by atomic mass is 9.81. The van der Waals surface area contributed by atoms with E-state index in [0.29, 0.717) is 0 Å². The van der Waals surface area contributed by atoms with E-state index >= 15 is 0 Å². The largest absolute Gasteiger partial charge is 1.00 e. The molecular weight excluding hydrogens is 455 g/mol. The number of rotatable bonds is 3. The van der Waals surface area contributed by atoms with Gasteiger partial charge in [-0.05, 0) is 54.5 Å². The predicted octanol–water partition coefficient (Wildman–Crippen LogP) is 2.63. The molecule has 144 valence electrons. The summed E-state index contributed by atoms with van der Waals surface area (Å²) < 4.78 is 2.32. The zero-order valence-corrected chi connectivity index (χ0v) is 19.4. The molecule has 1 heterocycles. The number of allylic oxidation sites excluding steroid dienone is 1. The number of halogens is 1. The Hall–Kier alpha value is -2.14. The van der Waals surface area contributed by atoms with Crippen molar-refractivity contribution in [3.63, 3.8) is 0 Å². The van der Waals surface area contributed by atoms with Crippen LogP contribution in [0.2, 0.25) is 0 Å². The van der Waals surface area contributed by atoms with Crippen molar-refractivity contribution in [2.75, 3.05) is 26.0 Å². The van der Waals surface area contributed by atoms with Crippen LogP contribution in [-0.4, -0.2) is 31.4 Å². The lowest BCUT2D eigenvalue weighted by molar-refractivity contribution is -0.401. The zero-order chi connectivity index (χ0) is 19.2. The lowest BCUT2D eigenvalue weighted by Gasteiger charge is -2.15. The molecule has 3 aromatic carbocycles. The van der Waals surface area contributed by atoms with Crippen LogP contribution in [0.15, 0.2) is 66.7 Å². The van der Waals surface area contributed by atoms with Gasteiger partial charge in [-0.1, -0.05) is 36.4 Å². The van der Waals surface area contributed by atoms with Crippen molar-refractivity contribution in [3.8, 4) is 0 Å². The summed E-state index contributed by atoms with van der Waals surface area (Å²) in [5, 5.41) is 2.55. The molecule has 0 unspecified atom stereocenters. The lowest BCUT2D eigenvalue weighted by Crippen LogP contribution is -3.00. The summed E-state index contributed by atoms with van der Waals surface area (Å²) in [5.74, 6) is 0. The second-order valence-electron chi connectivity index (χ2n) is 8.11. The van der Waals surface area contributed by atoms with Crippen LogP contribution in [0.4, 0.5) is 11.4 Å². The number of hydrogen-bond donors (Lipinski definition) is 0. The summed E-state index contributed by atoms with van der Waals surface area (Å²) in [7, 11) is 6.32. The van der Waals surface area contributed by atoms with Gasteiger partial charge in [0.2, 0.25) is 5.69 Å². The van der Waals surface area contributed by atoms with Gasteiger partial charge in [-0.25, -0.2) is 0 Å². The fraction of sp³-hybridized carbons (Fsp3) is 0.240. The predicted molar refractivity (Wildman–Crippen MR) is 118 cm³/mol. The molecule has 0 spiro atoms. The molecule has 0 fully saturated rings. The van der Waals surface area contributed by atoms with Crippen LogP contribution in [0, 0.1) is 0 Å². The molecule has 0 saturated carbocycles. The Bertz CT molecular complexity index is 1090. The van der Waals surface area contributed by atoms with Crippen LogP contribution in [0.5, 0.6) is 0 Å². The second kappa shape index (κ2) is 7.70. The summed E-state index contributed by atoms with van der Waals surface area (Å²) in [6.07, 6.45) is 4.51. The fourth-order valence-electron chi connectivity index (χ4n) is 4.11. The van der Waals surface area contributed by atoms with Crippen molar-refractivity contribution in [3.05, 3.63) is 77.9 Å². The zero-order valence-electron chi connectivity index (χ0n) is 17.2. The first-order chi connectivity index (χ1) is 12.9. The maximum absolute atomic E-state index is 2.32. The molecule has 3 aromatic rings. The first kappa shape index (κ1) is 20.6. The van der Waals surface area contributed by atoms with Gasteiger partial charge in [0.1, 0.15) is 7.05 Å². The van der Waals surface area contributed by atoms with Crippen LogP contribution in [0.25, 0.3) is 16.8 Å². The number of para-hydroxylation sites is 1. The van der Waals surface area contributed by atoms with Crippen molar-refractivity contribution >= 4 is 33.9 Å². The smallest absolute Gasteiger partial charge is 0.209 e. The highest BCUT2D eigenvalue weighted by atomic mass is 127. The molecule has 0 radical (unpaired) electrons. The third-order valence-corrected chi connectivity index (χ3v) is 5.74. The van der Waals surface area contributed by atoms with Gasteiger partial charge in [0.05, 0.1) is 5.41 Å². The van der Waals surface area contributed by atoms with Crippen LogP contribution in [0.3, 0.4) is 0 Å². The Morgan fingerprint density at radius 1 is 0.857 bits per heavy atom. The first-order valence-electron chi connectivity index (χ1n) is 9.48. The SMILES string of the molecule is CN(C)c1ccc2cc(C=CC3=[N+](C)c4ccccc4C3(C)C)ccc2c1.[I-]. The van der Waals surface area contributed by atoms with Gasteiger partial charge in [-0.2, -0.15) is 4.58 Å². The molecule has 0 amide bonds. The van der Waals surface area contributed by atoms with E-state index in [1.807, 2.05) is 0 Å². The van der Waals surface area contributed by atoms with Crippen LogP contribution < -0.4 is 28.9 Å². The van der Waals surface area contributed by atoms with Crippen molar-refractivity contribution in [1.29, 1.82) is 0 Å². The van der Waals surface area contributed by atoms with Gasteiger partial charge in [-0.3, -0.25) is 0 Å². The van der Waals surface area contributed by atoms with E-state index in [2.05, 4.69) is 117 Å². The third-order valence-electron chi connectivity index (χ3n) is 5.74.